The number of carbonyl (C=O) groups is 1. The van der Waals surface area contributed by atoms with Crippen LogP contribution in [0.2, 0.25) is 0 Å². The fourth-order valence-electron chi connectivity index (χ4n) is 3.09. The van der Waals surface area contributed by atoms with Crippen LogP contribution < -0.4 is 20.5 Å². The summed E-state index contributed by atoms with van der Waals surface area (Å²) in [6, 6.07) is 9.29. The minimum atomic E-state index is -3.95. The number of nitrogens with one attached hydrogen (secondary N) is 3. The minimum absolute atomic E-state index is 0.0445. The molecule has 158 valence electrons. The van der Waals surface area contributed by atoms with Crippen molar-refractivity contribution in [1.82, 2.24) is 9.97 Å². The molecule has 0 radical (unpaired) electrons. The number of anilines is 2. The van der Waals surface area contributed by atoms with Crippen LogP contribution in [0.4, 0.5) is 10.8 Å². The zero-order chi connectivity index (χ0) is 21.8. The van der Waals surface area contributed by atoms with Gasteiger partial charge in [-0.3, -0.25) is 14.5 Å². The van der Waals surface area contributed by atoms with E-state index in [9.17, 15) is 18.0 Å². The predicted octanol–water partition coefficient (Wildman–Crippen LogP) is 2.76. The second-order valence-electron chi connectivity index (χ2n) is 6.78. The first-order valence-electron chi connectivity index (χ1n) is 9.02. The lowest BCUT2D eigenvalue weighted by molar-refractivity contribution is -0.122. The molecule has 0 aliphatic carbocycles. The van der Waals surface area contributed by atoms with Gasteiger partial charge in [-0.15, -0.1) is 11.3 Å². The fraction of sp³-hybridized carbons (Fsp3) is 0.105. The molecule has 3 N–H and O–H groups in total. The van der Waals surface area contributed by atoms with Gasteiger partial charge in [0.25, 0.3) is 15.9 Å². The van der Waals surface area contributed by atoms with Crippen molar-refractivity contribution in [1.29, 1.82) is 0 Å². The van der Waals surface area contributed by atoms with Gasteiger partial charge in [0.05, 0.1) is 21.8 Å². The van der Waals surface area contributed by atoms with Gasteiger partial charge in [0.15, 0.2) is 16.8 Å². The van der Waals surface area contributed by atoms with E-state index in [4.69, 9.17) is 9.15 Å². The second-order valence-corrected chi connectivity index (χ2v) is 9.32. The molecule has 10 nitrogen and oxygen atoms in total. The Morgan fingerprint density at radius 3 is 2.84 bits per heavy atom. The molecule has 12 heteroatoms. The van der Waals surface area contributed by atoms with Crippen molar-refractivity contribution in [3.8, 4) is 17.0 Å². The number of rotatable bonds is 4. The number of H-pyrrole nitrogens is 1. The number of ether oxygens (including phenoxy) is 1. The van der Waals surface area contributed by atoms with E-state index in [0.29, 0.717) is 28.1 Å². The van der Waals surface area contributed by atoms with Crippen molar-refractivity contribution in [3.63, 3.8) is 0 Å². The van der Waals surface area contributed by atoms with E-state index in [2.05, 4.69) is 20.0 Å². The summed E-state index contributed by atoms with van der Waals surface area (Å²) in [4.78, 5) is 29.9. The molecule has 3 heterocycles. The van der Waals surface area contributed by atoms with Crippen molar-refractivity contribution in [3.05, 3.63) is 52.3 Å². The van der Waals surface area contributed by atoms with Gasteiger partial charge in [0, 0.05) is 10.9 Å². The lowest BCUT2D eigenvalue weighted by atomic mass is 10.1. The Hall–Kier alpha value is -3.64. The first-order chi connectivity index (χ1) is 14.8. The molecule has 2 aromatic carbocycles. The summed E-state index contributed by atoms with van der Waals surface area (Å²) >= 11 is 1.11. The Kier molecular flexibility index (Phi) is 4.34. The Labute approximate surface area is 178 Å². The number of sulfonamides is 1. The van der Waals surface area contributed by atoms with Crippen molar-refractivity contribution in [2.75, 3.05) is 10.0 Å². The van der Waals surface area contributed by atoms with Gasteiger partial charge < -0.3 is 14.5 Å². The van der Waals surface area contributed by atoms with E-state index in [1.807, 2.05) is 0 Å². The highest BCUT2D eigenvalue weighted by Gasteiger charge is 2.26. The van der Waals surface area contributed by atoms with Gasteiger partial charge >= 0.3 is 5.76 Å². The Morgan fingerprint density at radius 1 is 1.16 bits per heavy atom. The highest BCUT2D eigenvalue weighted by Crippen LogP contribution is 2.33. The molecule has 4 aromatic rings. The average molecular weight is 458 g/mol. The monoisotopic (exact) mass is 458 g/mol. The molecule has 0 bridgehead atoms. The number of benzene rings is 2. The van der Waals surface area contributed by atoms with Crippen LogP contribution in [0.25, 0.3) is 22.4 Å². The minimum Gasteiger partial charge on any atom is -0.479 e. The van der Waals surface area contributed by atoms with Crippen LogP contribution in [0.3, 0.4) is 0 Å². The third-order valence-electron chi connectivity index (χ3n) is 4.63. The summed E-state index contributed by atoms with van der Waals surface area (Å²) in [5.74, 6) is -0.510. The molecule has 2 aromatic heterocycles. The summed E-state index contributed by atoms with van der Waals surface area (Å²) in [5, 5.41) is 4.48. The van der Waals surface area contributed by atoms with E-state index < -0.39 is 21.9 Å². The third-order valence-corrected chi connectivity index (χ3v) is 6.86. The number of amides is 1. The molecule has 0 saturated heterocycles. The molecule has 31 heavy (non-hydrogen) atoms. The maximum Gasteiger partial charge on any atom is 0.417 e. The number of oxazole rings is 1. The Bertz CT molecular complexity index is 1500. The van der Waals surface area contributed by atoms with E-state index in [0.717, 1.165) is 11.3 Å². The van der Waals surface area contributed by atoms with Gasteiger partial charge in [-0.1, -0.05) is 6.07 Å². The van der Waals surface area contributed by atoms with Crippen LogP contribution >= 0.6 is 11.3 Å². The molecular weight excluding hydrogens is 444 g/mol. The van der Waals surface area contributed by atoms with Crippen LogP contribution in [-0.2, 0) is 14.8 Å². The maximum absolute atomic E-state index is 12.8. The first-order valence-corrected chi connectivity index (χ1v) is 11.4. The molecule has 1 amide bonds. The van der Waals surface area contributed by atoms with E-state index in [1.54, 1.807) is 30.5 Å². The predicted molar refractivity (Wildman–Crippen MR) is 114 cm³/mol. The highest BCUT2D eigenvalue weighted by atomic mass is 32.2. The Balaban J connectivity index is 1.41. The largest absolute Gasteiger partial charge is 0.479 e. The molecule has 1 aliphatic heterocycles. The summed E-state index contributed by atoms with van der Waals surface area (Å²) in [7, 11) is -3.95. The second kappa shape index (κ2) is 6.96. The number of fused-ring (bicyclic) bond motifs is 2. The zero-order valence-electron chi connectivity index (χ0n) is 15.8. The molecule has 0 spiro atoms. The standard InChI is InChI=1S/C19H14N4O6S2/c1-9-17(24)20-13-7-11(3-5-15(13)28-9)31(26,27)23-18-21-14(8-30-18)10-2-4-12-16(6-10)29-19(25)22-12/h2-9H,1H3,(H,20,24)(H,21,23)(H,22,25). The van der Waals surface area contributed by atoms with Crippen molar-refractivity contribution in [2.24, 2.45) is 0 Å². The van der Waals surface area contributed by atoms with Gasteiger partial charge in [-0.2, -0.15) is 0 Å². The van der Waals surface area contributed by atoms with Gasteiger partial charge in [-0.25, -0.2) is 18.2 Å². The molecule has 1 atom stereocenters. The van der Waals surface area contributed by atoms with Gasteiger partial charge in [-0.05, 0) is 37.3 Å². The molecule has 0 saturated carbocycles. The molecule has 0 fully saturated rings. The lowest BCUT2D eigenvalue weighted by Crippen LogP contribution is -2.34. The SMILES string of the molecule is CC1Oc2ccc(S(=O)(=O)Nc3nc(-c4ccc5[nH]c(=O)oc5c4)cs3)cc2NC1=O. The summed E-state index contributed by atoms with van der Waals surface area (Å²) < 4.78 is 38.5. The lowest BCUT2D eigenvalue weighted by Gasteiger charge is -2.23. The van der Waals surface area contributed by atoms with Gasteiger partial charge in [0.2, 0.25) is 0 Å². The fourth-order valence-corrected chi connectivity index (χ4v) is 5.09. The summed E-state index contributed by atoms with van der Waals surface area (Å²) in [6.07, 6.45) is -0.652. The highest BCUT2D eigenvalue weighted by molar-refractivity contribution is 7.93. The van der Waals surface area contributed by atoms with Crippen LogP contribution in [-0.4, -0.2) is 30.4 Å². The van der Waals surface area contributed by atoms with E-state index in [-0.39, 0.29) is 21.6 Å². The normalized spacial score (nSPS) is 15.9. The molecule has 1 unspecified atom stereocenters. The quantitative estimate of drug-likeness (QED) is 0.427. The molecular formula is C19H14N4O6S2. The van der Waals surface area contributed by atoms with Crippen LogP contribution in [0.1, 0.15) is 6.92 Å². The van der Waals surface area contributed by atoms with Gasteiger partial charge in [0.1, 0.15) is 5.75 Å². The van der Waals surface area contributed by atoms with Crippen LogP contribution in [0.15, 0.2) is 55.9 Å². The van der Waals surface area contributed by atoms with E-state index >= 15 is 0 Å². The topological polar surface area (TPSA) is 143 Å². The smallest absolute Gasteiger partial charge is 0.417 e. The summed E-state index contributed by atoms with van der Waals surface area (Å²) in [5.41, 5.74) is 2.41. The van der Waals surface area contributed by atoms with Crippen molar-refractivity contribution >= 4 is 49.2 Å². The number of hydrogen-bond acceptors (Lipinski definition) is 8. The third kappa shape index (κ3) is 3.55. The number of carbonyl (C=O) groups excluding carboxylic acids is 1. The van der Waals surface area contributed by atoms with Crippen LogP contribution in [0, 0.1) is 0 Å². The average Bonchev–Trinajstić information content (AvgIpc) is 3.32. The van der Waals surface area contributed by atoms with E-state index in [1.165, 1.54) is 18.2 Å². The number of nitrogens with zero attached hydrogens (tertiary/aromatic N) is 1. The number of aromatic nitrogens is 2. The first kappa shape index (κ1) is 19.3. The van der Waals surface area contributed by atoms with Crippen LogP contribution in [0.5, 0.6) is 5.75 Å². The summed E-state index contributed by atoms with van der Waals surface area (Å²) in [6.45, 7) is 1.60. The number of thiazole rings is 1. The number of hydrogen-bond donors (Lipinski definition) is 3. The zero-order valence-corrected chi connectivity index (χ0v) is 17.5. The molecule has 5 rings (SSSR count). The molecule has 1 aliphatic rings. The Morgan fingerprint density at radius 2 is 2.00 bits per heavy atom. The van der Waals surface area contributed by atoms with Crippen molar-refractivity contribution < 1.29 is 22.4 Å². The maximum atomic E-state index is 12.8. The number of aromatic amines is 1. The van der Waals surface area contributed by atoms with Crippen molar-refractivity contribution in [2.45, 2.75) is 17.9 Å².